The van der Waals surface area contributed by atoms with Crippen LogP contribution in [0.1, 0.15) is 72.6 Å². The fraction of sp³-hybridized carbons (Fsp3) is 0.394. The van der Waals surface area contributed by atoms with Crippen molar-refractivity contribution in [3.63, 3.8) is 0 Å². The number of nitrogens with two attached hydrogens (primary N) is 2. The molecule has 1 unspecified atom stereocenters. The molecule has 1 amide bonds. The number of primary amides is 1. The third kappa shape index (κ3) is 7.62. The Morgan fingerprint density at radius 3 is 2.37 bits per heavy atom. The van der Waals surface area contributed by atoms with Crippen LogP contribution in [0.5, 0.6) is 5.75 Å². The summed E-state index contributed by atoms with van der Waals surface area (Å²) in [7, 11) is 3.40. The number of amides is 1. The average Bonchev–Trinajstić information content (AvgIpc) is 3.92. The molecule has 8 nitrogen and oxygen atoms in total. The smallest absolute Gasteiger partial charge is 0.227 e. The number of likely N-dealkylation sites (N-methyl/N-ethyl adjacent to an activating group) is 1. The van der Waals surface area contributed by atoms with Crippen LogP contribution in [0.25, 0.3) is 11.3 Å². The molecule has 1 atom stereocenters. The van der Waals surface area contributed by atoms with E-state index in [2.05, 4.69) is 15.3 Å². The number of hydrogen-bond acceptors (Lipinski definition) is 7. The maximum absolute atomic E-state index is 15.4. The summed E-state index contributed by atoms with van der Waals surface area (Å²) in [4.78, 5) is 31.7. The van der Waals surface area contributed by atoms with Gasteiger partial charge >= 0.3 is 0 Å². The molecule has 2 saturated carbocycles. The maximum Gasteiger partial charge on any atom is 0.227 e. The molecule has 228 valence electrons. The molecule has 3 aromatic rings. The number of rotatable bonds is 11. The van der Waals surface area contributed by atoms with E-state index in [0.29, 0.717) is 41.1 Å². The number of carbonyl (C=O) groups is 2. The highest BCUT2D eigenvalue weighted by Crippen LogP contribution is 2.43. The van der Waals surface area contributed by atoms with Gasteiger partial charge in [-0.15, -0.1) is 0 Å². The first-order valence-corrected chi connectivity index (χ1v) is 14.4. The fourth-order valence-electron chi connectivity index (χ4n) is 4.78. The molecule has 5 rings (SSSR count). The first kappa shape index (κ1) is 31.7. The van der Waals surface area contributed by atoms with Crippen LogP contribution in [0.2, 0.25) is 0 Å². The Kier molecular flexibility index (Phi) is 9.91. The first-order chi connectivity index (χ1) is 20.5. The Morgan fingerprint density at radius 2 is 1.84 bits per heavy atom. The molecule has 2 aliphatic carbocycles. The summed E-state index contributed by atoms with van der Waals surface area (Å²) in [5.41, 5.74) is 13.6. The lowest BCUT2D eigenvalue weighted by atomic mass is 9.81. The van der Waals surface area contributed by atoms with E-state index in [4.69, 9.17) is 16.2 Å². The molecular weight excluding hydrogens is 552 g/mol. The number of pyridine rings is 1. The maximum atomic E-state index is 15.4. The van der Waals surface area contributed by atoms with Crippen LogP contribution in [0, 0.1) is 17.6 Å². The summed E-state index contributed by atoms with van der Waals surface area (Å²) in [6.45, 7) is 3.93. The van der Waals surface area contributed by atoms with Gasteiger partial charge < -0.3 is 21.5 Å². The molecule has 0 saturated heterocycles. The Morgan fingerprint density at radius 1 is 1.16 bits per heavy atom. The molecular formula is C33H39F2N5O3. The number of benzene rings is 2. The number of nitrogens with zero attached hydrogens (tertiary/aromatic N) is 2. The summed E-state index contributed by atoms with van der Waals surface area (Å²) in [6, 6.07) is 11.0. The van der Waals surface area contributed by atoms with E-state index < -0.39 is 23.0 Å². The van der Waals surface area contributed by atoms with Crippen molar-refractivity contribution in [3.05, 3.63) is 76.5 Å². The number of aromatic nitrogens is 1. The van der Waals surface area contributed by atoms with Crippen LogP contribution in [0.3, 0.4) is 0 Å². The van der Waals surface area contributed by atoms with E-state index in [-0.39, 0.29) is 17.2 Å². The highest BCUT2D eigenvalue weighted by Gasteiger charge is 2.37. The number of ether oxygens (including phenoxy) is 1. The van der Waals surface area contributed by atoms with Gasteiger partial charge in [-0.25, -0.2) is 13.8 Å². The van der Waals surface area contributed by atoms with Gasteiger partial charge in [-0.05, 0) is 95.0 Å². The SMILES string of the molecule is CNCC(c1cc(C(C)(C)C(N)=O)c(F)c(-c2ccc(F)cc2)n1)C1CC1.COc1cc(C=O)cc(C=NC2CC2)c1N. The summed E-state index contributed by atoms with van der Waals surface area (Å²) < 4.78 is 33.8. The zero-order valence-electron chi connectivity index (χ0n) is 25.0. The molecule has 2 aliphatic rings. The van der Waals surface area contributed by atoms with Crippen molar-refractivity contribution >= 4 is 24.1 Å². The summed E-state index contributed by atoms with van der Waals surface area (Å²) in [5.74, 6) is -0.479. The summed E-state index contributed by atoms with van der Waals surface area (Å²) in [5, 5.41) is 3.17. The monoisotopic (exact) mass is 591 g/mol. The number of halogens is 2. The van der Waals surface area contributed by atoms with E-state index in [0.717, 1.165) is 43.2 Å². The normalized spacial score (nSPS) is 15.5. The number of carbonyl (C=O) groups excluding carboxylic acids is 2. The second-order valence-corrected chi connectivity index (χ2v) is 11.6. The van der Waals surface area contributed by atoms with Crippen LogP contribution in [-0.2, 0) is 10.2 Å². The average molecular weight is 592 g/mol. The fourth-order valence-corrected chi connectivity index (χ4v) is 4.78. The lowest BCUT2D eigenvalue weighted by Gasteiger charge is -2.25. The van der Waals surface area contributed by atoms with Crippen molar-refractivity contribution in [3.8, 4) is 17.0 Å². The molecule has 43 heavy (non-hydrogen) atoms. The molecule has 1 aromatic heterocycles. The molecule has 0 spiro atoms. The molecule has 0 aliphatic heterocycles. The van der Waals surface area contributed by atoms with E-state index in [1.54, 1.807) is 38.3 Å². The van der Waals surface area contributed by atoms with Crippen LogP contribution in [-0.4, -0.2) is 50.1 Å². The molecule has 0 radical (unpaired) electrons. The largest absolute Gasteiger partial charge is 0.495 e. The molecule has 1 heterocycles. The summed E-state index contributed by atoms with van der Waals surface area (Å²) in [6.07, 6.45) is 6.98. The quantitative estimate of drug-likeness (QED) is 0.160. The summed E-state index contributed by atoms with van der Waals surface area (Å²) >= 11 is 0. The molecule has 5 N–H and O–H groups in total. The molecule has 0 bridgehead atoms. The minimum atomic E-state index is -1.19. The van der Waals surface area contributed by atoms with Crippen molar-refractivity contribution < 1.29 is 23.1 Å². The van der Waals surface area contributed by atoms with Crippen LogP contribution < -0.4 is 21.5 Å². The van der Waals surface area contributed by atoms with Gasteiger partial charge in [-0.3, -0.25) is 14.6 Å². The van der Waals surface area contributed by atoms with Gasteiger partial charge in [0.2, 0.25) is 5.91 Å². The number of hydrogen-bond donors (Lipinski definition) is 3. The Bertz CT molecular complexity index is 1500. The number of nitrogens with one attached hydrogen (secondary N) is 1. The predicted octanol–water partition coefficient (Wildman–Crippen LogP) is 5.17. The minimum absolute atomic E-state index is 0.122. The lowest BCUT2D eigenvalue weighted by molar-refractivity contribution is -0.122. The van der Waals surface area contributed by atoms with E-state index in [9.17, 15) is 14.0 Å². The van der Waals surface area contributed by atoms with Gasteiger partial charge in [-0.2, -0.15) is 0 Å². The van der Waals surface area contributed by atoms with Gasteiger partial charge in [-0.1, -0.05) is 0 Å². The number of nitrogen functional groups attached to an aromatic ring is 1. The topological polar surface area (TPSA) is 133 Å². The van der Waals surface area contributed by atoms with Crippen molar-refractivity contribution in [2.45, 2.75) is 56.9 Å². The third-order valence-corrected chi connectivity index (χ3v) is 7.90. The Balaban J connectivity index is 0.000000225. The molecule has 10 heteroatoms. The van der Waals surface area contributed by atoms with Crippen LogP contribution >= 0.6 is 0 Å². The molecule has 2 aromatic carbocycles. The Hall–Kier alpha value is -4.18. The number of aliphatic imine (C=N–C) groups is 1. The van der Waals surface area contributed by atoms with Crippen molar-refractivity contribution in [1.82, 2.24) is 10.3 Å². The highest BCUT2D eigenvalue weighted by atomic mass is 19.1. The van der Waals surface area contributed by atoms with Gasteiger partial charge in [0, 0.05) is 46.6 Å². The standard InChI is InChI=1S/C21H25F2N3O.C12H14N2O2/c1-21(2,20(24)27)16-10-17(15(11-25-3)12-4-5-12)26-19(18(16)23)13-6-8-14(22)9-7-13;1-16-11-5-8(7-15)4-9(12(11)13)6-14-10-2-3-10/h6-10,12,15,25H,4-5,11H2,1-3H3,(H2,24,27);4-7,10H,2-3,13H2,1H3. The lowest BCUT2D eigenvalue weighted by Crippen LogP contribution is -2.37. The highest BCUT2D eigenvalue weighted by molar-refractivity contribution is 5.93. The van der Waals surface area contributed by atoms with Gasteiger partial charge in [0.1, 0.15) is 23.5 Å². The van der Waals surface area contributed by atoms with Crippen molar-refractivity contribution in [1.29, 1.82) is 0 Å². The van der Waals surface area contributed by atoms with E-state index >= 15 is 4.39 Å². The van der Waals surface area contributed by atoms with E-state index in [1.807, 2.05) is 7.05 Å². The first-order valence-electron chi connectivity index (χ1n) is 14.4. The number of aldehydes is 1. The zero-order valence-corrected chi connectivity index (χ0v) is 25.0. The van der Waals surface area contributed by atoms with Crippen LogP contribution in [0.15, 0.2) is 47.5 Å². The van der Waals surface area contributed by atoms with Crippen LogP contribution in [0.4, 0.5) is 14.5 Å². The van der Waals surface area contributed by atoms with Gasteiger partial charge in [0.05, 0.1) is 24.3 Å². The van der Waals surface area contributed by atoms with Gasteiger partial charge in [0.15, 0.2) is 5.82 Å². The molecule has 2 fully saturated rings. The van der Waals surface area contributed by atoms with Gasteiger partial charge in [0.25, 0.3) is 0 Å². The predicted molar refractivity (Wildman–Crippen MR) is 165 cm³/mol. The Labute approximate surface area is 250 Å². The number of methoxy groups -OCH3 is 1. The van der Waals surface area contributed by atoms with E-state index in [1.165, 1.54) is 31.4 Å². The van der Waals surface area contributed by atoms with Crippen molar-refractivity contribution in [2.75, 3.05) is 26.4 Å². The zero-order chi connectivity index (χ0) is 31.3. The second-order valence-electron chi connectivity index (χ2n) is 11.6. The van der Waals surface area contributed by atoms with Crippen molar-refractivity contribution in [2.24, 2.45) is 16.6 Å². The second kappa shape index (κ2) is 13.4. The third-order valence-electron chi connectivity index (χ3n) is 7.90. The number of anilines is 1. The minimum Gasteiger partial charge on any atom is -0.495 e.